The van der Waals surface area contributed by atoms with Crippen molar-refractivity contribution >= 4 is 46.2 Å². The summed E-state index contributed by atoms with van der Waals surface area (Å²) in [6, 6.07) is 2.04. The summed E-state index contributed by atoms with van der Waals surface area (Å²) in [6.07, 6.45) is 1.76. The van der Waals surface area contributed by atoms with Crippen molar-refractivity contribution in [2.24, 2.45) is 0 Å². The molecule has 1 rings (SSSR count). The van der Waals surface area contributed by atoms with Gasteiger partial charge in [0.05, 0.1) is 0 Å². The molecule has 0 aliphatic heterocycles. The number of rotatable bonds is 2. The van der Waals surface area contributed by atoms with E-state index in [2.05, 4.69) is 46.8 Å². The van der Waals surface area contributed by atoms with Crippen LogP contribution in [0.1, 0.15) is 12.6 Å². The number of pyridine rings is 1. The van der Waals surface area contributed by atoms with Crippen LogP contribution in [-0.2, 0) is 10.7 Å². The summed E-state index contributed by atoms with van der Waals surface area (Å²) in [7, 11) is 4.79. The van der Waals surface area contributed by atoms with Gasteiger partial charge in [-0.1, -0.05) is 0 Å². The number of halogens is 1. The second-order valence-corrected chi connectivity index (χ2v) is 5.52. The zero-order valence-corrected chi connectivity index (χ0v) is 11.7. The van der Waals surface area contributed by atoms with Crippen molar-refractivity contribution in [1.29, 1.82) is 0 Å². The van der Waals surface area contributed by atoms with Crippen LogP contribution < -0.4 is 0 Å². The van der Waals surface area contributed by atoms with Crippen molar-refractivity contribution in [1.82, 2.24) is 4.98 Å². The van der Waals surface area contributed by atoms with Crippen LogP contribution in [0.15, 0.2) is 21.6 Å². The fourth-order valence-corrected chi connectivity index (χ4v) is 2.41. The van der Waals surface area contributed by atoms with E-state index in [0.717, 1.165) is 31.6 Å². The van der Waals surface area contributed by atoms with Crippen LogP contribution in [0.4, 0.5) is 0 Å². The molecule has 0 fully saturated rings. The van der Waals surface area contributed by atoms with Crippen LogP contribution in [-0.4, -0.2) is 10.7 Å². The minimum absolute atomic E-state index is 0.776. The summed E-state index contributed by atoms with van der Waals surface area (Å²) in [6.45, 7) is 2.11. The van der Waals surface area contributed by atoms with E-state index in [1.807, 2.05) is 6.07 Å². The molecule has 0 N–H and O–H groups in total. The number of hydrogen-bond acceptors (Lipinski definition) is 3. The van der Waals surface area contributed by atoms with Crippen molar-refractivity contribution in [2.45, 2.75) is 11.8 Å². The molecule has 5 heteroatoms. The molecule has 0 saturated heterocycles. The van der Waals surface area contributed by atoms with Crippen LogP contribution in [0, 0.1) is 11.2 Å². The molecular formula is C9H8BrNPS2-. The van der Waals surface area contributed by atoms with Crippen molar-refractivity contribution in [3.8, 4) is 11.2 Å². The Balaban J connectivity index is 3.09. The topological polar surface area (TPSA) is 12.9 Å². The molecule has 1 nitrogen and oxygen atoms in total. The standard InChI is InChI=1S/C9H8BrNPS2/c1-2-13-9-5-7(10)6-11-8(9)3-4-14-12/h5-6,14H,2H2,1H3/q-1. The summed E-state index contributed by atoms with van der Waals surface area (Å²) in [4.78, 5) is 5.37. The molecule has 0 bridgehead atoms. The van der Waals surface area contributed by atoms with Gasteiger partial charge in [0.15, 0.2) is 0 Å². The summed E-state index contributed by atoms with van der Waals surface area (Å²) < 4.78 is 0.988. The van der Waals surface area contributed by atoms with Gasteiger partial charge in [0.1, 0.15) is 0 Å². The Labute approximate surface area is 102 Å². The number of nitrogens with zero attached hydrogens (tertiary/aromatic N) is 1. The van der Waals surface area contributed by atoms with E-state index in [1.54, 1.807) is 18.0 Å². The maximum atomic E-state index is 4.25. The van der Waals surface area contributed by atoms with Gasteiger partial charge >= 0.3 is 102 Å². The van der Waals surface area contributed by atoms with E-state index < -0.39 is 0 Å². The maximum absolute atomic E-state index is 4.25. The van der Waals surface area contributed by atoms with Gasteiger partial charge in [-0.3, -0.25) is 0 Å². The molecule has 1 aromatic rings. The van der Waals surface area contributed by atoms with E-state index >= 15 is 0 Å². The first-order chi connectivity index (χ1) is 6.77. The molecular weight excluding hydrogens is 297 g/mol. The predicted molar refractivity (Wildman–Crippen MR) is 70.9 cm³/mol. The van der Waals surface area contributed by atoms with Gasteiger partial charge in [-0.2, -0.15) is 0 Å². The number of hydrogen-bond donors (Lipinski definition) is 0. The molecule has 1 heterocycles. The van der Waals surface area contributed by atoms with Crippen LogP contribution in [0.3, 0.4) is 0 Å². The molecule has 0 spiro atoms. The monoisotopic (exact) mass is 304 g/mol. The Kier molecular flexibility index (Phi) is 5.96. The first-order valence-corrected chi connectivity index (χ1v) is 7.74. The minimum atomic E-state index is 0.776. The van der Waals surface area contributed by atoms with Crippen molar-refractivity contribution in [3.05, 3.63) is 22.4 Å². The summed E-state index contributed by atoms with van der Waals surface area (Å²) in [5.41, 5.74) is 0.835. The zero-order valence-electron chi connectivity index (χ0n) is 7.49. The summed E-state index contributed by atoms with van der Waals surface area (Å²) in [5.74, 6) is 4.00. The van der Waals surface area contributed by atoms with Gasteiger partial charge in [0.25, 0.3) is 0 Å². The van der Waals surface area contributed by atoms with E-state index in [-0.39, 0.29) is 0 Å². The van der Waals surface area contributed by atoms with Crippen molar-refractivity contribution in [2.75, 3.05) is 5.75 Å². The fourth-order valence-electron chi connectivity index (χ4n) is 0.858. The predicted octanol–water partition coefficient (Wildman–Crippen LogP) is 3.41. The number of aromatic nitrogens is 1. The average Bonchev–Trinajstić information content (AvgIpc) is 2.17. The van der Waals surface area contributed by atoms with E-state index in [1.165, 1.54) is 0 Å². The third-order valence-electron chi connectivity index (χ3n) is 1.34. The van der Waals surface area contributed by atoms with Gasteiger partial charge in [-0.25, -0.2) is 0 Å². The third-order valence-corrected chi connectivity index (χ3v) is 3.20. The Morgan fingerprint density at radius 3 is 3.14 bits per heavy atom. The molecule has 0 unspecified atom stereocenters. The molecule has 0 radical (unpaired) electrons. The molecule has 14 heavy (non-hydrogen) atoms. The second-order valence-electron chi connectivity index (χ2n) is 2.27. The summed E-state index contributed by atoms with van der Waals surface area (Å²) in [5, 5.41) is 2.88. The first kappa shape index (κ1) is 12.4. The van der Waals surface area contributed by atoms with Crippen LogP contribution in [0.2, 0.25) is 0 Å². The first-order valence-electron chi connectivity index (χ1n) is 3.91. The van der Waals surface area contributed by atoms with E-state index in [9.17, 15) is 0 Å². The SMILES string of the molecule is CCSc1cc(Br)cnc1C#C[SH-]#P. The Morgan fingerprint density at radius 1 is 1.71 bits per heavy atom. The number of thiol groups is 1. The van der Waals surface area contributed by atoms with E-state index in [0.29, 0.717) is 0 Å². The Hall–Kier alpha value is 0.320. The normalized spacial score (nSPS) is 9.21. The van der Waals surface area contributed by atoms with Gasteiger partial charge in [-0.15, -0.1) is 0 Å². The van der Waals surface area contributed by atoms with Gasteiger partial charge in [-0.05, 0) is 0 Å². The van der Waals surface area contributed by atoms with Crippen molar-refractivity contribution < 1.29 is 0 Å². The van der Waals surface area contributed by atoms with Gasteiger partial charge in [0.2, 0.25) is 0 Å². The molecule has 74 valence electrons. The average molecular weight is 305 g/mol. The number of thioether (sulfide) groups is 1. The van der Waals surface area contributed by atoms with Gasteiger partial charge in [0, 0.05) is 0 Å². The van der Waals surface area contributed by atoms with Crippen LogP contribution in [0.25, 0.3) is 0 Å². The molecule has 0 aromatic carbocycles. The second kappa shape index (κ2) is 6.74. The molecule has 0 saturated carbocycles. The molecule has 0 aliphatic carbocycles. The fraction of sp³-hybridized carbons (Fsp3) is 0.222. The third kappa shape index (κ3) is 3.82. The Bertz CT molecular complexity index is 431. The quantitative estimate of drug-likeness (QED) is 0.273. The Morgan fingerprint density at radius 2 is 2.50 bits per heavy atom. The van der Waals surface area contributed by atoms with E-state index in [4.69, 9.17) is 0 Å². The molecule has 0 aliphatic rings. The summed E-state index contributed by atoms with van der Waals surface area (Å²) >= 11 is 5.14. The van der Waals surface area contributed by atoms with Crippen LogP contribution >= 0.6 is 35.5 Å². The zero-order chi connectivity index (χ0) is 10.4. The van der Waals surface area contributed by atoms with Crippen LogP contribution in [0.5, 0.6) is 0 Å². The van der Waals surface area contributed by atoms with Crippen molar-refractivity contribution in [3.63, 3.8) is 0 Å². The van der Waals surface area contributed by atoms with Gasteiger partial charge < -0.3 is 0 Å². The molecule has 0 amide bonds. The molecule has 0 atom stereocenters. The molecule has 1 aromatic heterocycles.